The van der Waals surface area contributed by atoms with Crippen molar-refractivity contribution in [2.75, 3.05) is 6.61 Å². The first-order valence-electron chi connectivity index (χ1n) is 9.19. The van der Waals surface area contributed by atoms with Crippen molar-refractivity contribution in [3.05, 3.63) is 59.7 Å². The van der Waals surface area contributed by atoms with Crippen molar-refractivity contribution in [1.82, 2.24) is 0 Å². The van der Waals surface area contributed by atoms with E-state index < -0.39 is 17.8 Å². The van der Waals surface area contributed by atoms with E-state index in [2.05, 4.69) is 4.89 Å². The number of ether oxygens (including phenoxy) is 1. The van der Waals surface area contributed by atoms with Gasteiger partial charge in [0, 0.05) is 12.3 Å². The Morgan fingerprint density at radius 3 is 2.18 bits per heavy atom. The van der Waals surface area contributed by atoms with E-state index in [0.29, 0.717) is 6.42 Å². The number of rotatable bonds is 8. The summed E-state index contributed by atoms with van der Waals surface area (Å²) in [6.45, 7) is 1.98. The molecule has 3 rings (SSSR count). The Labute approximate surface area is 162 Å². The van der Waals surface area contributed by atoms with Crippen LogP contribution in [0, 0.1) is 0 Å². The standard InChI is InChI=1S/C21H23NO6/c1-2-3-12-21(22,28-27-20(24)25)19(23)26-13-18-16-10-6-4-8-14(16)15-9-5-7-11-17(15)18/h4-11,18H,2-3,12-13,22H2,1H3,(H,24,25). The Hall–Kier alpha value is -2.90. The van der Waals surface area contributed by atoms with Gasteiger partial charge in [0.15, 0.2) is 0 Å². The number of fused-ring (bicyclic) bond motifs is 3. The first-order valence-corrected chi connectivity index (χ1v) is 9.19. The fourth-order valence-corrected chi connectivity index (χ4v) is 3.45. The largest absolute Gasteiger partial charge is 0.537 e. The second-order valence-corrected chi connectivity index (χ2v) is 6.75. The fourth-order valence-electron chi connectivity index (χ4n) is 3.45. The summed E-state index contributed by atoms with van der Waals surface area (Å²) in [5, 5.41) is 8.65. The number of hydrogen-bond acceptors (Lipinski definition) is 6. The molecule has 0 fully saturated rings. The van der Waals surface area contributed by atoms with Crippen molar-refractivity contribution in [3.63, 3.8) is 0 Å². The lowest BCUT2D eigenvalue weighted by molar-refractivity contribution is -0.320. The predicted octanol–water partition coefficient (Wildman–Crippen LogP) is 3.81. The monoisotopic (exact) mass is 385 g/mol. The molecule has 1 unspecified atom stereocenters. The Bertz CT molecular complexity index is 822. The van der Waals surface area contributed by atoms with E-state index >= 15 is 0 Å². The number of nitrogens with two attached hydrogens (primary N) is 1. The molecule has 2 aromatic carbocycles. The third-order valence-corrected chi connectivity index (χ3v) is 4.85. The van der Waals surface area contributed by atoms with Gasteiger partial charge in [-0.2, -0.15) is 0 Å². The Balaban J connectivity index is 1.76. The molecule has 0 saturated heterocycles. The Morgan fingerprint density at radius 1 is 1.07 bits per heavy atom. The van der Waals surface area contributed by atoms with Crippen LogP contribution in [-0.2, 0) is 19.3 Å². The zero-order valence-electron chi connectivity index (χ0n) is 15.6. The van der Waals surface area contributed by atoms with Crippen LogP contribution in [0.25, 0.3) is 11.1 Å². The molecule has 0 radical (unpaired) electrons. The first kappa shape index (κ1) is 19.9. The minimum Gasteiger partial charge on any atom is -0.461 e. The highest BCUT2D eigenvalue weighted by Crippen LogP contribution is 2.44. The third kappa shape index (κ3) is 4.00. The van der Waals surface area contributed by atoms with Crippen LogP contribution in [0.5, 0.6) is 0 Å². The molecule has 0 amide bonds. The quantitative estimate of drug-likeness (QED) is 0.308. The highest BCUT2D eigenvalue weighted by molar-refractivity contribution is 5.80. The molecule has 1 atom stereocenters. The van der Waals surface area contributed by atoms with Gasteiger partial charge in [-0.25, -0.2) is 9.59 Å². The zero-order chi connectivity index (χ0) is 20.1. The van der Waals surface area contributed by atoms with Gasteiger partial charge in [-0.05, 0) is 28.7 Å². The Morgan fingerprint density at radius 2 is 1.64 bits per heavy atom. The minimum atomic E-state index is -1.98. The second kappa shape index (κ2) is 8.41. The van der Waals surface area contributed by atoms with Gasteiger partial charge >= 0.3 is 12.1 Å². The molecule has 3 N–H and O–H groups in total. The van der Waals surface area contributed by atoms with Crippen LogP contribution in [0.15, 0.2) is 48.5 Å². The molecule has 0 spiro atoms. The Kier molecular flexibility index (Phi) is 5.96. The van der Waals surface area contributed by atoms with Gasteiger partial charge in [-0.1, -0.05) is 61.9 Å². The second-order valence-electron chi connectivity index (χ2n) is 6.75. The summed E-state index contributed by atoms with van der Waals surface area (Å²) < 4.78 is 5.47. The number of unbranched alkanes of at least 4 members (excludes halogenated alkanes) is 1. The van der Waals surface area contributed by atoms with Crippen LogP contribution in [0.2, 0.25) is 0 Å². The van der Waals surface area contributed by atoms with Gasteiger partial charge in [0.1, 0.15) is 6.61 Å². The lowest BCUT2D eigenvalue weighted by Crippen LogP contribution is -2.52. The molecule has 28 heavy (non-hydrogen) atoms. The summed E-state index contributed by atoms with van der Waals surface area (Å²) in [6.07, 6.45) is -0.318. The van der Waals surface area contributed by atoms with Crippen LogP contribution in [0.4, 0.5) is 4.79 Å². The van der Waals surface area contributed by atoms with E-state index in [0.717, 1.165) is 28.7 Å². The molecule has 1 aliphatic carbocycles. The van der Waals surface area contributed by atoms with Crippen molar-refractivity contribution in [2.24, 2.45) is 5.73 Å². The number of carbonyl (C=O) groups is 2. The van der Waals surface area contributed by atoms with Crippen LogP contribution in [0.3, 0.4) is 0 Å². The average Bonchev–Trinajstić information content (AvgIpc) is 3.03. The molecule has 0 bridgehead atoms. The number of carboxylic acid groups (broad SMARTS) is 1. The average molecular weight is 385 g/mol. The molecule has 148 valence electrons. The molecule has 7 heteroatoms. The number of carbonyl (C=O) groups excluding carboxylic acids is 1. The van der Waals surface area contributed by atoms with Gasteiger partial charge in [-0.15, -0.1) is 4.89 Å². The molecule has 0 aromatic heterocycles. The topological polar surface area (TPSA) is 108 Å². The molecule has 2 aromatic rings. The maximum Gasteiger partial charge on any atom is 0.537 e. The van der Waals surface area contributed by atoms with E-state index in [1.54, 1.807) is 0 Å². The van der Waals surface area contributed by atoms with Crippen molar-refractivity contribution in [3.8, 4) is 11.1 Å². The molecular formula is C21H23NO6. The summed E-state index contributed by atoms with van der Waals surface area (Å²) in [5.74, 6) is -0.990. The summed E-state index contributed by atoms with van der Waals surface area (Å²) in [4.78, 5) is 32.1. The highest BCUT2D eigenvalue weighted by Gasteiger charge is 2.41. The van der Waals surface area contributed by atoms with E-state index in [1.807, 2.05) is 55.5 Å². The minimum absolute atomic E-state index is 0.0639. The van der Waals surface area contributed by atoms with Gasteiger partial charge in [0.2, 0.25) is 0 Å². The van der Waals surface area contributed by atoms with Crippen LogP contribution in [0.1, 0.15) is 43.2 Å². The van der Waals surface area contributed by atoms with Crippen LogP contribution < -0.4 is 5.73 Å². The lowest BCUT2D eigenvalue weighted by atomic mass is 9.98. The molecule has 7 nitrogen and oxygen atoms in total. The fraction of sp³-hybridized carbons (Fsp3) is 0.333. The van der Waals surface area contributed by atoms with Crippen molar-refractivity contribution >= 4 is 12.1 Å². The highest BCUT2D eigenvalue weighted by atomic mass is 17.2. The smallest absolute Gasteiger partial charge is 0.461 e. The van der Waals surface area contributed by atoms with Gasteiger partial charge in [0.25, 0.3) is 5.72 Å². The molecule has 0 heterocycles. The third-order valence-electron chi connectivity index (χ3n) is 4.85. The van der Waals surface area contributed by atoms with Crippen molar-refractivity contribution in [1.29, 1.82) is 0 Å². The summed E-state index contributed by atoms with van der Waals surface area (Å²) in [5.41, 5.74) is 8.33. The number of hydrogen-bond donors (Lipinski definition) is 2. The van der Waals surface area contributed by atoms with E-state index in [-0.39, 0.29) is 18.9 Å². The van der Waals surface area contributed by atoms with Crippen LogP contribution in [-0.4, -0.2) is 29.6 Å². The van der Waals surface area contributed by atoms with Crippen molar-refractivity contribution < 1.29 is 29.2 Å². The first-order chi connectivity index (χ1) is 13.5. The molecule has 0 saturated carbocycles. The summed E-state index contributed by atoms with van der Waals surface area (Å²) in [6, 6.07) is 15.9. The van der Waals surface area contributed by atoms with E-state index in [1.165, 1.54) is 0 Å². The predicted molar refractivity (Wildman–Crippen MR) is 101 cm³/mol. The summed E-state index contributed by atoms with van der Waals surface area (Å²) in [7, 11) is 0. The van der Waals surface area contributed by atoms with Gasteiger partial charge < -0.3 is 9.84 Å². The zero-order valence-corrected chi connectivity index (χ0v) is 15.6. The lowest BCUT2D eigenvalue weighted by Gasteiger charge is -2.25. The van der Waals surface area contributed by atoms with E-state index in [9.17, 15) is 9.59 Å². The van der Waals surface area contributed by atoms with Crippen molar-refractivity contribution in [2.45, 2.75) is 37.8 Å². The SMILES string of the molecule is CCCCC(N)(OOC(=O)O)C(=O)OCC1c2ccccc2-c2ccccc21. The van der Waals surface area contributed by atoms with Crippen LogP contribution >= 0.6 is 0 Å². The molecule has 0 aliphatic heterocycles. The van der Waals surface area contributed by atoms with Gasteiger partial charge in [-0.3, -0.25) is 10.6 Å². The number of benzene rings is 2. The summed E-state index contributed by atoms with van der Waals surface area (Å²) >= 11 is 0. The maximum absolute atomic E-state index is 12.6. The van der Waals surface area contributed by atoms with Gasteiger partial charge in [0.05, 0.1) is 0 Å². The maximum atomic E-state index is 12.6. The normalized spacial score (nSPS) is 14.6. The van der Waals surface area contributed by atoms with E-state index in [4.69, 9.17) is 20.5 Å². The molecule has 1 aliphatic rings. The number of esters is 1. The molecular weight excluding hydrogens is 362 g/mol.